The molecule has 7 heteroatoms. The first-order chi connectivity index (χ1) is 10.6. The van der Waals surface area contributed by atoms with Gasteiger partial charge in [-0.2, -0.15) is 0 Å². The third-order valence-electron chi connectivity index (χ3n) is 3.44. The van der Waals surface area contributed by atoms with Crippen LogP contribution in [-0.2, 0) is 0 Å². The monoisotopic (exact) mass is 323 g/mol. The number of aryl methyl sites for hydroxylation is 1. The largest absolute Gasteiger partial charge is 0.475 e. The van der Waals surface area contributed by atoms with Crippen LogP contribution in [0, 0.1) is 6.92 Å². The van der Waals surface area contributed by atoms with Crippen LogP contribution in [0.3, 0.4) is 0 Å². The second-order valence-corrected chi connectivity index (χ2v) is 6.26. The third-order valence-corrected chi connectivity index (χ3v) is 4.68. The van der Waals surface area contributed by atoms with Crippen molar-refractivity contribution in [3.63, 3.8) is 0 Å². The Morgan fingerprint density at radius 3 is 2.77 bits per heavy atom. The molecule has 0 aromatic carbocycles. The summed E-state index contributed by atoms with van der Waals surface area (Å²) in [5, 5.41) is 29.3. The van der Waals surface area contributed by atoms with Crippen molar-refractivity contribution in [1.29, 1.82) is 0 Å². The molecule has 0 saturated carbocycles. The van der Waals surface area contributed by atoms with Gasteiger partial charge in [-0.25, -0.2) is 4.98 Å². The third kappa shape index (κ3) is 2.98. The molecule has 0 amide bonds. The predicted molar refractivity (Wildman–Crippen MR) is 81.6 cm³/mol. The second-order valence-electron chi connectivity index (χ2n) is 5.13. The average Bonchev–Trinajstić information content (AvgIpc) is 2.95. The van der Waals surface area contributed by atoms with Crippen LogP contribution in [0.1, 0.15) is 5.76 Å². The Kier molecular flexibility index (Phi) is 4.39. The Labute approximate surface area is 131 Å². The highest BCUT2D eigenvalue weighted by Crippen LogP contribution is 2.34. The van der Waals surface area contributed by atoms with Crippen molar-refractivity contribution in [3.05, 3.63) is 36.2 Å². The van der Waals surface area contributed by atoms with Gasteiger partial charge < -0.3 is 24.5 Å². The first-order valence-electron chi connectivity index (χ1n) is 6.90. The number of hydrogen-bond acceptors (Lipinski definition) is 7. The van der Waals surface area contributed by atoms with Crippen molar-refractivity contribution in [2.75, 3.05) is 5.75 Å². The van der Waals surface area contributed by atoms with Gasteiger partial charge in [0.05, 0.1) is 6.10 Å². The highest BCUT2D eigenvalue weighted by Gasteiger charge is 2.39. The first kappa shape index (κ1) is 15.4. The molecule has 4 atom stereocenters. The molecule has 0 spiro atoms. The molecule has 1 fully saturated rings. The molecule has 0 radical (unpaired) electrons. The van der Waals surface area contributed by atoms with Crippen molar-refractivity contribution in [1.82, 2.24) is 4.98 Å². The number of thioether (sulfide) groups is 1. The number of rotatable bonds is 3. The Morgan fingerprint density at radius 2 is 2.05 bits per heavy atom. The second kappa shape index (κ2) is 6.29. The highest BCUT2D eigenvalue weighted by molar-refractivity contribution is 7.99. The summed E-state index contributed by atoms with van der Waals surface area (Å²) >= 11 is 1.25. The molecule has 1 aliphatic rings. The van der Waals surface area contributed by atoms with Gasteiger partial charge in [-0.05, 0) is 31.2 Å². The summed E-state index contributed by atoms with van der Waals surface area (Å²) in [5.74, 6) is 2.08. The molecule has 3 heterocycles. The standard InChI is InChI=1S/C15H17NO5S/c1-8-4-5-11(20-8)12-10(3-2-6-16-12)21-15-14(19)13(18)9(17)7-22-15/h2-6,9,13-15,17-19H,7H2,1H3/t9-,13+,14-,15+/m1/s1. The summed E-state index contributed by atoms with van der Waals surface area (Å²) < 4.78 is 11.4. The topological polar surface area (TPSA) is 96.0 Å². The van der Waals surface area contributed by atoms with Crippen LogP contribution in [0.5, 0.6) is 5.75 Å². The quantitative estimate of drug-likeness (QED) is 0.780. The van der Waals surface area contributed by atoms with Gasteiger partial charge in [-0.3, -0.25) is 0 Å². The smallest absolute Gasteiger partial charge is 0.173 e. The lowest BCUT2D eigenvalue weighted by Gasteiger charge is -2.34. The van der Waals surface area contributed by atoms with Gasteiger partial charge in [0.25, 0.3) is 0 Å². The van der Waals surface area contributed by atoms with E-state index in [9.17, 15) is 15.3 Å². The molecule has 1 aliphatic heterocycles. The van der Waals surface area contributed by atoms with E-state index in [4.69, 9.17) is 9.15 Å². The summed E-state index contributed by atoms with van der Waals surface area (Å²) in [6, 6.07) is 7.08. The van der Waals surface area contributed by atoms with Crippen LogP contribution in [0.2, 0.25) is 0 Å². The number of pyridine rings is 1. The van der Waals surface area contributed by atoms with Crippen LogP contribution < -0.4 is 4.74 Å². The molecule has 0 unspecified atom stereocenters. The minimum absolute atomic E-state index is 0.290. The molecule has 3 N–H and O–H groups in total. The predicted octanol–water partition coefficient (Wildman–Crippen LogP) is 1.18. The minimum atomic E-state index is -1.22. The highest BCUT2D eigenvalue weighted by atomic mass is 32.2. The Balaban J connectivity index is 1.84. The van der Waals surface area contributed by atoms with Gasteiger partial charge in [0.15, 0.2) is 16.9 Å². The van der Waals surface area contributed by atoms with Crippen LogP contribution in [0.4, 0.5) is 0 Å². The Bertz CT molecular complexity index is 646. The summed E-state index contributed by atoms with van der Waals surface area (Å²) in [5.41, 5.74) is -0.151. The number of aliphatic hydroxyl groups is 3. The maximum Gasteiger partial charge on any atom is 0.173 e. The Morgan fingerprint density at radius 1 is 1.23 bits per heavy atom. The van der Waals surface area contributed by atoms with Gasteiger partial charge in [0.1, 0.15) is 23.7 Å². The Hall–Kier alpha value is -1.54. The SMILES string of the molecule is Cc1ccc(-c2ncccc2O[C@H]2SC[C@@H](O)[C@H](O)[C@H]2O)o1. The van der Waals surface area contributed by atoms with E-state index in [0.29, 0.717) is 23.0 Å². The molecule has 0 bridgehead atoms. The molecule has 1 saturated heterocycles. The van der Waals surface area contributed by atoms with Crippen LogP contribution >= 0.6 is 11.8 Å². The zero-order valence-electron chi connectivity index (χ0n) is 11.9. The summed E-state index contributed by atoms with van der Waals surface area (Å²) in [7, 11) is 0. The van der Waals surface area contributed by atoms with Crippen molar-refractivity contribution in [2.24, 2.45) is 0 Å². The average molecular weight is 323 g/mol. The summed E-state index contributed by atoms with van der Waals surface area (Å²) in [4.78, 5) is 4.27. The lowest BCUT2D eigenvalue weighted by Crippen LogP contribution is -2.50. The van der Waals surface area contributed by atoms with Crippen LogP contribution in [-0.4, -0.2) is 49.8 Å². The number of nitrogens with zero attached hydrogens (tertiary/aromatic N) is 1. The molecular formula is C15H17NO5S. The van der Waals surface area contributed by atoms with E-state index in [1.54, 1.807) is 24.4 Å². The van der Waals surface area contributed by atoms with E-state index < -0.39 is 23.7 Å². The van der Waals surface area contributed by atoms with Gasteiger partial charge in [0, 0.05) is 11.9 Å². The molecule has 0 aliphatic carbocycles. The molecule has 6 nitrogen and oxygen atoms in total. The van der Waals surface area contributed by atoms with E-state index in [1.165, 1.54) is 11.8 Å². The summed E-state index contributed by atoms with van der Waals surface area (Å²) in [6.07, 6.45) is -1.73. The number of aliphatic hydroxyl groups excluding tert-OH is 3. The van der Waals surface area contributed by atoms with Gasteiger partial charge in [-0.15, -0.1) is 11.8 Å². The van der Waals surface area contributed by atoms with E-state index in [0.717, 1.165) is 5.76 Å². The molecule has 2 aromatic heterocycles. The fourth-order valence-electron chi connectivity index (χ4n) is 2.24. The molecule has 2 aromatic rings. The number of hydrogen-bond donors (Lipinski definition) is 3. The van der Waals surface area contributed by atoms with Crippen molar-refractivity contribution < 1.29 is 24.5 Å². The fraction of sp³-hybridized carbons (Fsp3) is 0.400. The number of furan rings is 1. The van der Waals surface area contributed by atoms with Crippen LogP contribution in [0.25, 0.3) is 11.5 Å². The fourth-order valence-corrected chi connectivity index (χ4v) is 3.35. The molecule has 22 heavy (non-hydrogen) atoms. The minimum Gasteiger partial charge on any atom is -0.475 e. The number of ether oxygens (including phenoxy) is 1. The lowest BCUT2D eigenvalue weighted by atomic mass is 10.1. The zero-order chi connectivity index (χ0) is 15.7. The van der Waals surface area contributed by atoms with Crippen molar-refractivity contribution in [2.45, 2.75) is 30.7 Å². The first-order valence-corrected chi connectivity index (χ1v) is 7.95. The van der Waals surface area contributed by atoms with E-state index in [2.05, 4.69) is 4.98 Å². The maximum absolute atomic E-state index is 10.0. The number of aromatic nitrogens is 1. The maximum atomic E-state index is 10.0. The van der Waals surface area contributed by atoms with E-state index >= 15 is 0 Å². The molecular weight excluding hydrogens is 306 g/mol. The van der Waals surface area contributed by atoms with E-state index in [-0.39, 0.29) is 0 Å². The summed E-state index contributed by atoms with van der Waals surface area (Å²) in [6.45, 7) is 1.84. The van der Waals surface area contributed by atoms with Crippen molar-refractivity contribution >= 4 is 11.8 Å². The van der Waals surface area contributed by atoms with Gasteiger partial charge in [-0.1, -0.05) is 0 Å². The zero-order valence-corrected chi connectivity index (χ0v) is 12.7. The molecule has 118 valence electrons. The lowest BCUT2D eigenvalue weighted by molar-refractivity contribution is -0.0785. The van der Waals surface area contributed by atoms with Crippen molar-refractivity contribution in [3.8, 4) is 17.2 Å². The normalized spacial score (nSPS) is 28.5. The van der Waals surface area contributed by atoms with E-state index in [1.807, 2.05) is 13.0 Å². The molecule has 3 rings (SSSR count). The van der Waals surface area contributed by atoms with Gasteiger partial charge in [0.2, 0.25) is 0 Å². The van der Waals surface area contributed by atoms with Crippen LogP contribution in [0.15, 0.2) is 34.9 Å². The van der Waals surface area contributed by atoms with Gasteiger partial charge >= 0.3 is 0 Å².